The zero-order valence-corrected chi connectivity index (χ0v) is 17.3. The number of ether oxygens (including phenoxy) is 1. The number of fused-ring (bicyclic) bond motifs is 1. The van der Waals surface area contributed by atoms with Crippen molar-refractivity contribution in [3.8, 4) is 5.75 Å². The van der Waals surface area contributed by atoms with E-state index >= 15 is 0 Å². The van der Waals surface area contributed by atoms with E-state index in [2.05, 4.69) is 5.32 Å². The minimum atomic E-state index is -0.0361. The molecular weight excluding hydrogens is 380 g/mol. The molecule has 0 atom stereocenters. The van der Waals surface area contributed by atoms with Gasteiger partial charge in [-0.3, -0.25) is 4.79 Å². The topological polar surface area (TPSA) is 50.7 Å². The summed E-state index contributed by atoms with van der Waals surface area (Å²) in [5.74, 6) is 0.756. The van der Waals surface area contributed by atoms with Crippen molar-refractivity contribution in [2.45, 2.75) is 32.2 Å². The van der Waals surface area contributed by atoms with Crippen LogP contribution >= 0.6 is 11.3 Å². The molecule has 0 spiro atoms. The van der Waals surface area contributed by atoms with Gasteiger partial charge in [-0.25, -0.2) is 4.99 Å². The van der Waals surface area contributed by atoms with Gasteiger partial charge in [0.2, 0.25) is 0 Å². The second-order valence-corrected chi connectivity index (χ2v) is 8.18. The number of amides is 1. The molecule has 29 heavy (non-hydrogen) atoms. The van der Waals surface area contributed by atoms with Crippen LogP contribution < -0.4 is 10.1 Å². The van der Waals surface area contributed by atoms with Gasteiger partial charge < -0.3 is 10.1 Å². The molecule has 2 aromatic carbocycles. The third-order valence-electron chi connectivity index (χ3n) is 5.10. The summed E-state index contributed by atoms with van der Waals surface area (Å²) in [4.78, 5) is 19.1. The first-order valence-corrected chi connectivity index (χ1v) is 10.7. The Morgan fingerprint density at radius 1 is 1.14 bits per heavy atom. The van der Waals surface area contributed by atoms with Crippen LogP contribution in [0.3, 0.4) is 0 Å². The van der Waals surface area contributed by atoms with Crippen LogP contribution in [0.2, 0.25) is 0 Å². The maximum atomic E-state index is 13.1. The first-order valence-electron chi connectivity index (χ1n) is 9.89. The second kappa shape index (κ2) is 9.05. The van der Waals surface area contributed by atoms with E-state index in [-0.39, 0.29) is 5.91 Å². The van der Waals surface area contributed by atoms with Crippen LogP contribution in [0, 0.1) is 0 Å². The van der Waals surface area contributed by atoms with Gasteiger partial charge in [0.05, 0.1) is 12.7 Å². The molecular formula is C24H24N2O2S. The lowest BCUT2D eigenvalue weighted by Gasteiger charge is -2.12. The molecule has 1 amide bonds. The standard InChI is InChI=1S/C24H24N2O2S/c1-28-19-11-7-10-18(14-19)16-26-24-22(20-12-5-6-13-21(20)29-24)23(27)25-15-17-8-3-2-4-9-17/h2-4,7-11,14,16H,5-6,12-13,15H2,1H3,(H,25,27). The lowest BCUT2D eigenvalue weighted by Crippen LogP contribution is -2.24. The van der Waals surface area contributed by atoms with E-state index in [0.717, 1.165) is 46.7 Å². The number of hydrogen-bond donors (Lipinski definition) is 1. The lowest BCUT2D eigenvalue weighted by molar-refractivity contribution is 0.0951. The van der Waals surface area contributed by atoms with E-state index in [9.17, 15) is 4.79 Å². The summed E-state index contributed by atoms with van der Waals surface area (Å²) >= 11 is 1.65. The van der Waals surface area contributed by atoms with Gasteiger partial charge in [-0.05, 0) is 54.5 Å². The minimum Gasteiger partial charge on any atom is -0.497 e. The number of carbonyl (C=O) groups is 1. The van der Waals surface area contributed by atoms with Gasteiger partial charge in [-0.2, -0.15) is 0 Å². The Labute approximate surface area is 175 Å². The first-order chi connectivity index (χ1) is 14.2. The van der Waals surface area contributed by atoms with Gasteiger partial charge in [0.15, 0.2) is 0 Å². The van der Waals surface area contributed by atoms with E-state index in [4.69, 9.17) is 9.73 Å². The number of nitrogens with one attached hydrogen (secondary N) is 1. The molecule has 0 unspecified atom stereocenters. The van der Waals surface area contributed by atoms with E-state index in [1.165, 1.54) is 16.9 Å². The molecule has 1 aliphatic rings. The number of rotatable bonds is 6. The fourth-order valence-corrected chi connectivity index (χ4v) is 4.83. The normalized spacial score (nSPS) is 13.3. The Balaban J connectivity index is 1.60. The van der Waals surface area contributed by atoms with Crippen molar-refractivity contribution in [2.24, 2.45) is 4.99 Å². The largest absolute Gasteiger partial charge is 0.497 e. The highest BCUT2D eigenvalue weighted by Crippen LogP contribution is 2.39. The smallest absolute Gasteiger partial charge is 0.254 e. The van der Waals surface area contributed by atoms with Crippen LogP contribution in [-0.2, 0) is 19.4 Å². The van der Waals surface area contributed by atoms with E-state index in [1.54, 1.807) is 18.4 Å². The summed E-state index contributed by atoms with van der Waals surface area (Å²) in [7, 11) is 1.65. The van der Waals surface area contributed by atoms with Gasteiger partial charge in [-0.1, -0.05) is 42.5 Å². The van der Waals surface area contributed by atoms with Crippen molar-refractivity contribution in [3.05, 3.63) is 81.7 Å². The van der Waals surface area contributed by atoms with E-state index in [1.807, 2.05) is 60.8 Å². The van der Waals surface area contributed by atoms with Crippen LogP contribution in [0.4, 0.5) is 5.00 Å². The highest BCUT2D eigenvalue weighted by Gasteiger charge is 2.25. The molecule has 0 bridgehead atoms. The van der Waals surface area contributed by atoms with Crippen molar-refractivity contribution in [2.75, 3.05) is 7.11 Å². The first kappa shape index (κ1) is 19.4. The molecule has 0 saturated heterocycles. The van der Waals surface area contributed by atoms with Crippen molar-refractivity contribution < 1.29 is 9.53 Å². The predicted octanol–water partition coefficient (Wildman–Crippen LogP) is 5.32. The molecule has 148 valence electrons. The van der Waals surface area contributed by atoms with E-state index in [0.29, 0.717) is 6.54 Å². The quantitative estimate of drug-likeness (QED) is 0.566. The molecule has 0 radical (unpaired) electrons. The Morgan fingerprint density at radius 2 is 1.97 bits per heavy atom. The van der Waals surface area contributed by atoms with E-state index < -0.39 is 0 Å². The Kier molecular flexibility index (Phi) is 6.06. The molecule has 4 nitrogen and oxygen atoms in total. The van der Waals surface area contributed by atoms with Gasteiger partial charge in [0.1, 0.15) is 10.8 Å². The van der Waals surface area contributed by atoms with Crippen molar-refractivity contribution in [1.82, 2.24) is 5.32 Å². The Bertz CT molecular complexity index is 1020. The van der Waals surface area contributed by atoms with Crippen molar-refractivity contribution in [3.63, 3.8) is 0 Å². The molecule has 0 fully saturated rings. The third kappa shape index (κ3) is 4.57. The van der Waals surface area contributed by atoms with Crippen LogP contribution in [0.5, 0.6) is 5.75 Å². The van der Waals surface area contributed by atoms with Gasteiger partial charge in [-0.15, -0.1) is 11.3 Å². The van der Waals surface area contributed by atoms with Crippen LogP contribution in [0.25, 0.3) is 0 Å². The number of aliphatic imine (C=N–C) groups is 1. The third-order valence-corrected chi connectivity index (χ3v) is 6.30. The number of nitrogens with zero attached hydrogens (tertiary/aromatic N) is 1. The Morgan fingerprint density at radius 3 is 2.79 bits per heavy atom. The number of thiophene rings is 1. The summed E-state index contributed by atoms with van der Waals surface area (Å²) < 4.78 is 5.29. The predicted molar refractivity (Wildman–Crippen MR) is 119 cm³/mol. The number of hydrogen-bond acceptors (Lipinski definition) is 4. The van der Waals surface area contributed by atoms with Crippen LogP contribution in [0.15, 0.2) is 59.6 Å². The average molecular weight is 405 g/mol. The highest BCUT2D eigenvalue weighted by molar-refractivity contribution is 7.16. The lowest BCUT2D eigenvalue weighted by atomic mass is 9.95. The number of aryl methyl sites for hydroxylation is 1. The van der Waals surface area contributed by atoms with Gasteiger partial charge in [0, 0.05) is 17.6 Å². The molecule has 1 aromatic heterocycles. The second-order valence-electron chi connectivity index (χ2n) is 7.09. The number of methoxy groups -OCH3 is 1. The molecule has 1 heterocycles. The summed E-state index contributed by atoms with van der Waals surface area (Å²) in [5, 5.41) is 3.88. The fraction of sp³-hybridized carbons (Fsp3) is 0.250. The maximum absolute atomic E-state index is 13.1. The van der Waals surface area contributed by atoms with Crippen LogP contribution in [-0.4, -0.2) is 19.2 Å². The maximum Gasteiger partial charge on any atom is 0.254 e. The summed E-state index contributed by atoms with van der Waals surface area (Å²) in [6.07, 6.45) is 6.11. The summed E-state index contributed by atoms with van der Waals surface area (Å²) in [6.45, 7) is 0.517. The monoisotopic (exact) mass is 404 g/mol. The SMILES string of the molecule is COc1cccc(C=Nc2sc3c(c2C(=O)NCc2ccccc2)CCCC3)c1. The fourth-order valence-electron chi connectivity index (χ4n) is 3.60. The average Bonchev–Trinajstić information content (AvgIpc) is 3.15. The molecule has 4 rings (SSSR count). The molecule has 0 saturated carbocycles. The summed E-state index contributed by atoms with van der Waals surface area (Å²) in [6, 6.07) is 17.7. The molecule has 5 heteroatoms. The molecule has 1 aliphatic carbocycles. The highest BCUT2D eigenvalue weighted by atomic mass is 32.1. The number of benzene rings is 2. The van der Waals surface area contributed by atoms with Crippen molar-refractivity contribution >= 4 is 28.5 Å². The molecule has 3 aromatic rings. The minimum absolute atomic E-state index is 0.0361. The summed E-state index contributed by atoms with van der Waals surface area (Å²) in [5.41, 5.74) is 3.97. The van der Waals surface area contributed by atoms with Crippen molar-refractivity contribution in [1.29, 1.82) is 0 Å². The molecule has 0 aliphatic heterocycles. The van der Waals surface area contributed by atoms with Gasteiger partial charge >= 0.3 is 0 Å². The van der Waals surface area contributed by atoms with Crippen LogP contribution in [0.1, 0.15) is 44.8 Å². The molecule has 1 N–H and O–H groups in total. The zero-order chi connectivity index (χ0) is 20.1. The number of carbonyl (C=O) groups excluding carboxylic acids is 1. The zero-order valence-electron chi connectivity index (χ0n) is 16.5. The van der Waals surface area contributed by atoms with Gasteiger partial charge in [0.25, 0.3) is 5.91 Å². The Hall–Kier alpha value is -2.92.